The molecule has 92 valence electrons. The van der Waals surface area contributed by atoms with Gasteiger partial charge in [-0.05, 0) is 19.1 Å². The van der Waals surface area contributed by atoms with Crippen LogP contribution in [0.5, 0.6) is 0 Å². The van der Waals surface area contributed by atoms with Gasteiger partial charge in [0.15, 0.2) is 5.82 Å². The number of rotatable bonds is 3. The Bertz CT molecular complexity index is 683. The predicted octanol–water partition coefficient (Wildman–Crippen LogP) is 2.34. The highest BCUT2D eigenvalue weighted by Gasteiger charge is 2.10. The van der Waals surface area contributed by atoms with Crippen molar-refractivity contribution in [2.45, 2.75) is 26.8 Å². The second-order valence-corrected chi connectivity index (χ2v) is 4.19. The maximum absolute atomic E-state index is 5.12. The van der Waals surface area contributed by atoms with Crippen molar-refractivity contribution in [1.82, 2.24) is 19.7 Å². The number of aromatic nitrogens is 4. The number of hydrogen-bond donors (Lipinski definition) is 0. The zero-order valence-corrected chi connectivity index (χ0v) is 10.4. The molecule has 0 saturated heterocycles. The summed E-state index contributed by atoms with van der Waals surface area (Å²) in [6.45, 7) is 4.58. The molecule has 18 heavy (non-hydrogen) atoms. The highest BCUT2D eigenvalue weighted by atomic mass is 16.5. The minimum absolute atomic E-state index is 0.593. The minimum atomic E-state index is 0.593. The van der Waals surface area contributed by atoms with E-state index in [1.807, 2.05) is 32.0 Å². The maximum atomic E-state index is 5.12. The highest BCUT2D eigenvalue weighted by molar-refractivity contribution is 5.75. The molecular weight excluding hydrogens is 228 g/mol. The number of imidazole rings is 1. The lowest BCUT2D eigenvalue weighted by atomic mass is 10.3. The van der Waals surface area contributed by atoms with Crippen LogP contribution < -0.4 is 0 Å². The first-order chi connectivity index (χ1) is 8.78. The van der Waals surface area contributed by atoms with Gasteiger partial charge in [0.05, 0.1) is 17.6 Å². The Morgan fingerprint density at radius 3 is 2.83 bits per heavy atom. The molecule has 0 unspecified atom stereocenters. The van der Waals surface area contributed by atoms with Crippen molar-refractivity contribution in [2.75, 3.05) is 0 Å². The van der Waals surface area contributed by atoms with Gasteiger partial charge in [0.2, 0.25) is 5.89 Å². The van der Waals surface area contributed by atoms with Crippen molar-refractivity contribution in [2.24, 2.45) is 0 Å². The van der Waals surface area contributed by atoms with E-state index in [1.165, 1.54) is 0 Å². The summed E-state index contributed by atoms with van der Waals surface area (Å²) in [5.74, 6) is 2.32. The van der Waals surface area contributed by atoms with Crippen molar-refractivity contribution in [3.63, 3.8) is 0 Å². The number of nitrogens with zero attached hydrogens (tertiary/aromatic N) is 4. The average molecular weight is 242 g/mol. The Morgan fingerprint density at radius 2 is 2.06 bits per heavy atom. The number of benzene rings is 1. The summed E-state index contributed by atoms with van der Waals surface area (Å²) in [6, 6.07) is 8.05. The van der Waals surface area contributed by atoms with E-state index in [0.717, 1.165) is 23.3 Å². The van der Waals surface area contributed by atoms with Crippen molar-refractivity contribution in [1.29, 1.82) is 0 Å². The van der Waals surface area contributed by atoms with Crippen molar-refractivity contribution in [3.8, 4) is 0 Å². The topological polar surface area (TPSA) is 56.7 Å². The number of hydrogen-bond acceptors (Lipinski definition) is 4. The highest BCUT2D eigenvalue weighted by Crippen LogP contribution is 2.16. The molecule has 0 aliphatic carbocycles. The van der Waals surface area contributed by atoms with Crippen LogP contribution in [0.2, 0.25) is 0 Å². The first-order valence-electron chi connectivity index (χ1n) is 6.01. The molecule has 0 atom stereocenters. The van der Waals surface area contributed by atoms with Crippen molar-refractivity contribution in [3.05, 3.63) is 41.8 Å². The molecule has 2 aromatic heterocycles. The second-order valence-electron chi connectivity index (χ2n) is 4.19. The van der Waals surface area contributed by atoms with Crippen LogP contribution in [0.3, 0.4) is 0 Å². The van der Waals surface area contributed by atoms with E-state index in [-0.39, 0.29) is 0 Å². The van der Waals surface area contributed by atoms with Crippen LogP contribution in [0.1, 0.15) is 24.5 Å². The zero-order valence-electron chi connectivity index (χ0n) is 10.4. The van der Waals surface area contributed by atoms with Gasteiger partial charge in [0, 0.05) is 6.42 Å². The zero-order chi connectivity index (χ0) is 12.5. The molecule has 0 spiro atoms. The Labute approximate surface area is 104 Å². The van der Waals surface area contributed by atoms with E-state index in [9.17, 15) is 0 Å². The third-order valence-corrected chi connectivity index (χ3v) is 2.96. The molecule has 3 aromatic rings. The van der Waals surface area contributed by atoms with Gasteiger partial charge in [-0.3, -0.25) is 0 Å². The minimum Gasteiger partial charge on any atom is -0.339 e. The molecule has 0 amide bonds. The van der Waals surface area contributed by atoms with Gasteiger partial charge in [0.1, 0.15) is 5.82 Å². The van der Waals surface area contributed by atoms with Crippen LogP contribution in [0, 0.1) is 6.92 Å². The summed E-state index contributed by atoms with van der Waals surface area (Å²) in [7, 11) is 0. The molecule has 2 heterocycles. The first kappa shape index (κ1) is 11.0. The van der Waals surface area contributed by atoms with Gasteiger partial charge < -0.3 is 9.09 Å². The summed E-state index contributed by atoms with van der Waals surface area (Å²) in [5, 5.41) is 3.98. The standard InChI is InChI=1S/C13H14N4O/c1-3-13-15-12(16-18-13)8-17-9(2)14-10-6-4-5-7-11(10)17/h4-7H,3,8H2,1-2H3. The van der Waals surface area contributed by atoms with Gasteiger partial charge in [-0.25, -0.2) is 4.98 Å². The largest absolute Gasteiger partial charge is 0.339 e. The summed E-state index contributed by atoms with van der Waals surface area (Å²) in [5.41, 5.74) is 2.09. The smallest absolute Gasteiger partial charge is 0.226 e. The predicted molar refractivity (Wildman–Crippen MR) is 67.2 cm³/mol. The van der Waals surface area contributed by atoms with Gasteiger partial charge in [-0.1, -0.05) is 24.2 Å². The second kappa shape index (κ2) is 4.25. The van der Waals surface area contributed by atoms with E-state index < -0.39 is 0 Å². The Morgan fingerprint density at radius 1 is 1.22 bits per heavy atom. The number of fused-ring (bicyclic) bond motifs is 1. The lowest BCUT2D eigenvalue weighted by Crippen LogP contribution is -2.03. The number of para-hydroxylation sites is 2. The summed E-state index contributed by atoms with van der Waals surface area (Å²) in [6.07, 6.45) is 0.761. The number of aryl methyl sites for hydroxylation is 2. The van der Waals surface area contributed by atoms with E-state index >= 15 is 0 Å². The van der Waals surface area contributed by atoms with Crippen LogP contribution in [-0.2, 0) is 13.0 Å². The SMILES string of the molecule is CCc1nc(Cn2c(C)nc3ccccc32)no1. The molecule has 0 saturated carbocycles. The first-order valence-corrected chi connectivity index (χ1v) is 6.01. The molecule has 3 rings (SSSR count). The quantitative estimate of drug-likeness (QED) is 0.707. The Balaban J connectivity index is 2.01. The fourth-order valence-corrected chi connectivity index (χ4v) is 2.03. The molecule has 1 aromatic carbocycles. The van der Waals surface area contributed by atoms with Crippen molar-refractivity contribution < 1.29 is 4.52 Å². The lowest BCUT2D eigenvalue weighted by Gasteiger charge is -2.02. The van der Waals surface area contributed by atoms with Gasteiger partial charge in [-0.15, -0.1) is 0 Å². The summed E-state index contributed by atoms with van der Waals surface area (Å²) < 4.78 is 7.22. The molecule has 0 aliphatic rings. The molecule has 5 heteroatoms. The molecule has 0 fully saturated rings. The molecule has 0 aliphatic heterocycles. The Kier molecular flexibility index (Phi) is 2.59. The maximum Gasteiger partial charge on any atom is 0.226 e. The van der Waals surface area contributed by atoms with Crippen LogP contribution in [0.25, 0.3) is 11.0 Å². The monoisotopic (exact) mass is 242 g/mol. The lowest BCUT2D eigenvalue weighted by molar-refractivity contribution is 0.375. The fraction of sp³-hybridized carbons (Fsp3) is 0.308. The van der Waals surface area contributed by atoms with Crippen LogP contribution in [-0.4, -0.2) is 19.7 Å². The third kappa shape index (κ3) is 1.77. The van der Waals surface area contributed by atoms with Crippen LogP contribution in [0.15, 0.2) is 28.8 Å². The van der Waals surface area contributed by atoms with Crippen molar-refractivity contribution >= 4 is 11.0 Å². The summed E-state index contributed by atoms with van der Waals surface area (Å²) >= 11 is 0. The molecule has 0 bridgehead atoms. The Hall–Kier alpha value is -2.17. The molecular formula is C13H14N4O. The molecule has 5 nitrogen and oxygen atoms in total. The van der Waals surface area contributed by atoms with E-state index in [0.29, 0.717) is 18.3 Å². The fourth-order valence-electron chi connectivity index (χ4n) is 2.03. The van der Waals surface area contributed by atoms with Crippen LogP contribution in [0.4, 0.5) is 0 Å². The third-order valence-electron chi connectivity index (χ3n) is 2.96. The van der Waals surface area contributed by atoms with Gasteiger partial charge in [0.25, 0.3) is 0 Å². The van der Waals surface area contributed by atoms with E-state index in [4.69, 9.17) is 4.52 Å². The molecule has 0 radical (unpaired) electrons. The average Bonchev–Trinajstić information content (AvgIpc) is 2.96. The molecule has 0 N–H and O–H groups in total. The summed E-state index contributed by atoms with van der Waals surface area (Å²) in [4.78, 5) is 8.84. The van der Waals surface area contributed by atoms with Gasteiger partial charge >= 0.3 is 0 Å². The van der Waals surface area contributed by atoms with E-state index in [2.05, 4.69) is 25.8 Å². The van der Waals surface area contributed by atoms with Crippen LogP contribution >= 0.6 is 0 Å². The van der Waals surface area contributed by atoms with E-state index in [1.54, 1.807) is 0 Å². The van der Waals surface area contributed by atoms with Gasteiger partial charge in [-0.2, -0.15) is 4.98 Å². The normalized spacial score (nSPS) is 11.2.